The van der Waals surface area contributed by atoms with Crippen LogP contribution in [0.25, 0.3) is 11.0 Å². The molecule has 7 heteroatoms. The van der Waals surface area contributed by atoms with E-state index in [2.05, 4.69) is 27.6 Å². The molecule has 0 spiro atoms. The third-order valence-corrected chi connectivity index (χ3v) is 3.32. The van der Waals surface area contributed by atoms with Gasteiger partial charge in [-0.25, -0.2) is 4.98 Å². The lowest BCUT2D eigenvalue weighted by atomic mass is 10.2. The first-order valence-electron chi connectivity index (χ1n) is 5.27. The van der Waals surface area contributed by atoms with Gasteiger partial charge in [-0.05, 0) is 47.7 Å². The smallest absolute Gasteiger partial charge is 0.369 e. The van der Waals surface area contributed by atoms with Gasteiger partial charge in [-0.3, -0.25) is 0 Å². The molecule has 3 nitrogen and oxygen atoms in total. The number of aromatic nitrogens is 2. The molecule has 18 heavy (non-hydrogen) atoms. The van der Waals surface area contributed by atoms with Crippen molar-refractivity contribution >= 4 is 39.6 Å². The molecule has 1 atom stereocenters. The Morgan fingerprint density at radius 2 is 2.11 bits per heavy atom. The highest BCUT2D eigenvalue weighted by atomic mass is 127. The Balaban J connectivity index is 2.47. The molecule has 1 aromatic carbocycles. The van der Waals surface area contributed by atoms with Crippen molar-refractivity contribution in [3.05, 3.63) is 21.8 Å². The number of alkyl halides is 3. The Kier molecular flexibility index (Phi) is 3.43. The number of rotatable bonds is 2. The number of fused-ring (bicyclic) bond motifs is 1. The molecule has 2 N–H and O–H groups in total. The summed E-state index contributed by atoms with van der Waals surface area (Å²) in [6, 6.07) is 4.59. The van der Waals surface area contributed by atoms with Gasteiger partial charge in [-0.1, -0.05) is 0 Å². The number of hydrogen-bond donors (Lipinski definition) is 1. The average Bonchev–Trinajstić information content (AvgIpc) is 2.50. The zero-order chi connectivity index (χ0) is 13.5. The van der Waals surface area contributed by atoms with E-state index in [4.69, 9.17) is 5.73 Å². The summed E-state index contributed by atoms with van der Waals surface area (Å²) in [6.45, 7) is 1.49. The number of benzene rings is 1. The van der Waals surface area contributed by atoms with Gasteiger partial charge in [0.2, 0.25) is 5.95 Å². The summed E-state index contributed by atoms with van der Waals surface area (Å²) in [5.74, 6) is 0.115. The lowest BCUT2D eigenvalue weighted by Gasteiger charge is -2.17. The highest BCUT2D eigenvalue weighted by molar-refractivity contribution is 14.1. The Morgan fingerprint density at radius 1 is 1.44 bits per heavy atom. The first-order chi connectivity index (χ1) is 8.28. The minimum atomic E-state index is -4.22. The van der Waals surface area contributed by atoms with Crippen molar-refractivity contribution < 1.29 is 13.2 Å². The van der Waals surface area contributed by atoms with Crippen molar-refractivity contribution in [3.63, 3.8) is 0 Å². The minimum Gasteiger partial charge on any atom is -0.369 e. The van der Waals surface area contributed by atoms with Gasteiger partial charge in [0.05, 0.1) is 17.5 Å². The Bertz CT molecular complexity index is 577. The largest absolute Gasteiger partial charge is 0.391 e. The second-order valence-corrected chi connectivity index (χ2v) is 5.39. The quantitative estimate of drug-likeness (QED) is 0.820. The van der Waals surface area contributed by atoms with Crippen LogP contribution in [0.1, 0.15) is 19.4 Å². The number of nitrogens with zero attached hydrogens (tertiary/aromatic N) is 2. The van der Waals surface area contributed by atoms with Gasteiger partial charge >= 0.3 is 6.18 Å². The van der Waals surface area contributed by atoms with E-state index in [1.165, 1.54) is 11.5 Å². The van der Waals surface area contributed by atoms with Crippen LogP contribution in [-0.2, 0) is 0 Å². The minimum absolute atomic E-state index is 0.115. The summed E-state index contributed by atoms with van der Waals surface area (Å²) >= 11 is 2.12. The van der Waals surface area contributed by atoms with E-state index in [0.29, 0.717) is 11.0 Å². The van der Waals surface area contributed by atoms with E-state index in [-0.39, 0.29) is 5.95 Å². The van der Waals surface area contributed by atoms with E-state index < -0.39 is 18.6 Å². The van der Waals surface area contributed by atoms with Crippen molar-refractivity contribution in [1.29, 1.82) is 0 Å². The predicted molar refractivity (Wildman–Crippen MR) is 72.2 cm³/mol. The van der Waals surface area contributed by atoms with Gasteiger partial charge in [0.25, 0.3) is 0 Å². The maximum absolute atomic E-state index is 12.4. The first-order valence-corrected chi connectivity index (χ1v) is 6.35. The fourth-order valence-corrected chi connectivity index (χ4v) is 2.45. The predicted octanol–water partition coefficient (Wildman–Crippen LogP) is 3.74. The highest BCUT2D eigenvalue weighted by Crippen LogP contribution is 2.32. The van der Waals surface area contributed by atoms with Crippen molar-refractivity contribution in [3.8, 4) is 0 Å². The van der Waals surface area contributed by atoms with Gasteiger partial charge in [0, 0.05) is 9.61 Å². The molecular formula is C11H11F3IN3. The van der Waals surface area contributed by atoms with Crippen LogP contribution in [0.5, 0.6) is 0 Å². The standard InChI is InChI=1S/C11H11F3IN3/c1-6(5-11(12,13)14)18-9-3-2-7(15)4-8(9)17-10(18)16/h2-4,6H,5H2,1H3,(H2,16,17). The molecule has 1 heterocycles. The normalized spacial score (nSPS) is 14.1. The van der Waals surface area contributed by atoms with Crippen LogP contribution in [0.15, 0.2) is 18.2 Å². The van der Waals surface area contributed by atoms with Crippen molar-refractivity contribution in [2.75, 3.05) is 5.73 Å². The third kappa shape index (κ3) is 2.70. The van der Waals surface area contributed by atoms with E-state index in [9.17, 15) is 13.2 Å². The van der Waals surface area contributed by atoms with Gasteiger partial charge in [-0.2, -0.15) is 13.2 Å². The molecule has 2 aromatic rings. The van der Waals surface area contributed by atoms with E-state index in [0.717, 1.165) is 3.57 Å². The highest BCUT2D eigenvalue weighted by Gasteiger charge is 2.31. The van der Waals surface area contributed by atoms with Crippen molar-refractivity contribution in [1.82, 2.24) is 9.55 Å². The van der Waals surface area contributed by atoms with Crippen LogP contribution < -0.4 is 5.73 Å². The first kappa shape index (κ1) is 13.4. The van der Waals surface area contributed by atoms with Gasteiger partial charge in [-0.15, -0.1) is 0 Å². The molecule has 0 saturated carbocycles. The van der Waals surface area contributed by atoms with E-state index in [1.807, 2.05) is 6.07 Å². The summed E-state index contributed by atoms with van der Waals surface area (Å²) in [4.78, 5) is 4.09. The molecule has 0 aliphatic rings. The fourth-order valence-electron chi connectivity index (χ4n) is 1.98. The van der Waals surface area contributed by atoms with E-state index >= 15 is 0 Å². The summed E-state index contributed by atoms with van der Waals surface area (Å²) < 4.78 is 39.6. The number of nitrogen functional groups attached to an aromatic ring is 1. The SMILES string of the molecule is CC(CC(F)(F)F)n1c(N)nc2cc(I)ccc21. The van der Waals surface area contributed by atoms with Crippen LogP contribution >= 0.6 is 22.6 Å². The summed E-state index contributed by atoms with van der Waals surface area (Å²) in [5.41, 5.74) is 6.95. The summed E-state index contributed by atoms with van der Waals surface area (Å²) in [6.07, 6.45) is -5.14. The second kappa shape index (κ2) is 4.60. The fraction of sp³-hybridized carbons (Fsp3) is 0.364. The van der Waals surface area contributed by atoms with Crippen LogP contribution in [0.2, 0.25) is 0 Å². The van der Waals surface area contributed by atoms with Crippen LogP contribution in [0, 0.1) is 3.57 Å². The molecular weight excluding hydrogens is 358 g/mol. The van der Waals surface area contributed by atoms with Gasteiger partial charge < -0.3 is 10.3 Å². The average molecular weight is 369 g/mol. The second-order valence-electron chi connectivity index (χ2n) is 4.14. The molecule has 0 aliphatic carbocycles. The van der Waals surface area contributed by atoms with Crippen molar-refractivity contribution in [2.45, 2.75) is 25.6 Å². The monoisotopic (exact) mass is 369 g/mol. The Labute approximate surface area is 115 Å². The number of nitrogens with two attached hydrogens (primary N) is 1. The number of anilines is 1. The summed E-state index contributed by atoms with van der Waals surface area (Å²) in [7, 11) is 0. The molecule has 0 bridgehead atoms. The Morgan fingerprint density at radius 3 is 2.72 bits per heavy atom. The number of halogens is 4. The lowest BCUT2D eigenvalue weighted by molar-refractivity contribution is -0.141. The maximum atomic E-state index is 12.4. The molecule has 1 unspecified atom stereocenters. The summed E-state index contributed by atoms with van der Waals surface area (Å²) in [5, 5.41) is 0. The van der Waals surface area contributed by atoms with Crippen LogP contribution in [0.4, 0.5) is 19.1 Å². The van der Waals surface area contributed by atoms with Gasteiger partial charge in [0.1, 0.15) is 0 Å². The van der Waals surface area contributed by atoms with Crippen molar-refractivity contribution in [2.24, 2.45) is 0 Å². The van der Waals surface area contributed by atoms with Crippen LogP contribution in [-0.4, -0.2) is 15.7 Å². The van der Waals surface area contributed by atoms with E-state index in [1.54, 1.807) is 12.1 Å². The van der Waals surface area contributed by atoms with Gasteiger partial charge in [0.15, 0.2) is 0 Å². The molecule has 98 valence electrons. The molecule has 0 fully saturated rings. The molecule has 0 aliphatic heterocycles. The molecule has 0 amide bonds. The van der Waals surface area contributed by atoms with Crippen LogP contribution in [0.3, 0.4) is 0 Å². The third-order valence-electron chi connectivity index (χ3n) is 2.65. The molecule has 0 radical (unpaired) electrons. The lowest BCUT2D eigenvalue weighted by Crippen LogP contribution is -2.17. The maximum Gasteiger partial charge on any atom is 0.391 e. The zero-order valence-electron chi connectivity index (χ0n) is 9.50. The number of imidazole rings is 1. The number of hydrogen-bond acceptors (Lipinski definition) is 2. The molecule has 2 rings (SSSR count). The topological polar surface area (TPSA) is 43.8 Å². The molecule has 1 aromatic heterocycles. The Hall–Kier alpha value is -0.990. The zero-order valence-corrected chi connectivity index (χ0v) is 11.7. The molecule has 0 saturated heterocycles.